The lowest BCUT2D eigenvalue weighted by molar-refractivity contribution is -0.115. The Morgan fingerprint density at radius 1 is 1.53 bits per heavy atom. The maximum Gasteiger partial charge on any atom is 0.230 e. The third-order valence-corrected chi connectivity index (χ3v) is 4.64. The number of hydrogen-bond acceptors (Lipinski definition) is 5. The second-order valence-corrected chi connectivity index (χ2v) is 6.40. The molecule has 0 fully saturated rings. The van der Waals surface area contributed by atoms with E-state index in [4.69, 9.17) is 0 Å². The van der Waals surface area contributed by atoms with Gasteiger partial charge in [0.1, 0.15) is 5.82 Å². The van der Waals surface area contributed by atoms with Gasteiger partial charge < -0.3 is 5.32 Å². The van der Waals surface area contributed by atoms with Crippen molar-refractivity contribution in [2.24, 2.45) is 0 Å². The summed E-state index contributed by atoms with van der Waals surface area (Å²) in [7, 11) is 0. The number of carbonyl (C=O) groups is 1. The van der Waals surface area contributed by atoms with E-state index in [0.717, 1.165) is 4.34 Å². The van der Waals surface area contributed by atoms with Crippen LogP contribution in [0.2, 0.25) is 0 Å². The largest absolute Gasteiger partial charge is 0.300 e. The summed E-state index contributed by atoms with van der Waals surface area (Å²) in [4.78, 5) is 11.8. The molecular formula is C11H9BrFN3OS2. The molecule has 0 saturated carbocycles. The van der Waals surface area contributed by atoms with Crippen molar-refractivity contribution in [1.82, 2.24) is 10.2 Å². The molecule has 1 aromatic carbocycles. The van der Waals surface area contributed by atoms with E-state index in [1.807, 2.05) is 6.26 Å². The van der Waals surface area contributed by atoms with Crippen molar-refractivity contribution in [2.75, 3.05) is 11.6 Å². The van der Waals surface area contributed by atoms with Crippen LogP contribution in [0.15, 0.2) is 27.0 Å². The number of aromatic nitrogens is 2. The van der Waals surface area contributed by atoms with E-state index in [9.17, 15) is 9.18 Å². The number of nitrogens with one attached hydrogen (secondary N) is 1. The first kappa shape index (κ1) is 14.4. The maximum atomic E-state index is 13.7. The molecule has 0 bridgehead atoms. The number of rotatable bonds is 4. The lowest BCUT2D eigenvalue weighted by atomic mass is 10.1. The average Bonchev–Trinajstić information content (AvgIpc) is 2.82. The van der Waals surface area contributed by atoms with Crippen molar-refractivity contribution in [1.29, 1.82) is 0 Å². The first-order chi connectivity index (χ1) is 9.10. The van der Waals surface area contributed by atoms with Gasteiger partial charge in [-0.15, -0.1) is 10.2 Å². The monoisotopic (exact) mass is 361 g/mol. The molecule has 0 aliphatic rings. The van der Waals surface area contributed by atoms with Crippen LogP contribution in [0.5, 0.6) is 0 Å². The third kappa shape index (κ3) is 3.74. The quantitative estimate of drug-likeness (QED) is 0.670. The predicted octanol–water partition coefficient (Wildman–Crippen LogP) is 3.34. The molecule has 0 radical (unpaired) electrons. The summed E-state index contributed by atoms with van der Waals surface area (Å²) in [6.07, 6.45) is 1.84. The van der Waals surface area contributed by atoms with E-state index < -0.39 is 5.82 Å². The van der Waals surface area contributed by atoms with Crippen LogP contribution in [0.3, 0.4) is 0 Å². The Bertz CT molecular complexity index is 605. The van der Waals surface area contributed by atoms with Crippen molar-refractivity contribution in [2.45, 2.75) is 10.8 Å². The van der Waals surface area contributed by atoms with Crippen molar-refractivity contribution >= 4 is 50.1 Å². The number of nitrogens with zero attached hydrogens (tertiary/aromatic N) is 2. The molecule has 0 spiro atoms. The zero-order valence-corrected chi connectivity index (χ0v) is 13.0. The van der Waals surface area contributed by atoms with Gasteiger partial charge in [0.25, 0.3) is 0 Å². The number of hydrogen-bond donors (Lipinski definition) is 1. The van der Waals surface area contributed by atoms with Gasteiger partial charge in [-0.25, -0.2) is 4.39 Å². The molecule has 0 unspecified atom stereocenters. The fourth-order valence-corrected chi connectivity index (χ4v) is 2.96. The summed E-state index contributed by atoms with van der Waals surface area (Å²) >= 11 is 5.82. The van der Waals surface area contributed by atoms with E-state index in [2.05, 4.69) is 31.4 Å². The average molecular weight is 362 g/mol. The first-order valence-electron chi connectivity index (χ1n) is 5.20. The Morgan fingerprint density at radius 2 is 2.32 bits per heavy atom. The highest BCUT2D eigenvalue weighted by molar-refractivity contribution is 9.10. The van der Waals surface area contributed by atoms with Gasteiger partial charge in [0.15, 0.2) is 4.34 Å². The molecule has 0 atom stereocenters. The van der Waals surface area contributed by atoms with Gasteiger partial charge in [-0.1, -0.05) is 35.2 Å². The summed E-state index contributed by atoms with van der Waals surface area (Å²) in [5.41, 5.74) is 0.335. The molecule has 100 valence electrons. The number of amides is 1. The minimum atomic E-state index is -0.417. The van der Waals surface area contributed by atoms with E-state index in [1.165, 1.54) is 23.1 Å². The lowest BCUT2D eigenvalue weighted by Crippen LogP contribution is -2.15. The van der Waals surface area contributed by atoms with E-state index in [-0.39, 0.29) is 12.3 Å². The van der Waals surface area contributed by atoms with Crippen molar-refractivity contribution in [3.05, 3.63) is 34.1 Å². The predicted molar refractivity (Wildman–Crippen MR) is 78.1 cm³/mol. The second-order valence-electron chi connectivity index (χ2n) is 3.52. The SMILES string of the molecule is CSc1nnc(NC(=O)Cc2cccc(Br)c2F)s1. The zero-order chi connectivity index (χ0) is 13.8. The van der Waals surface area contributed by atoms with Crippen LogP contribution in [0.1, 0.15) is 5.56 Å². The summed E-state index contributed by atoms with van der Waals surface area (Å²) in [6.45, 7) is 0. The molecule has 2 rings (SSSR count). The van der Waals surface area contributed by atoms with Crippen LogP contribution < -0.4 is 5.32 Å². The molecule has 2 aromatic rings. The number of carbonyl (C=O) groups excluding carboxylic acids is 1. The fourth-order valence-electron chi connectivity index (χ4n) is 1.36. The Morgan fingerprint density at radius 3 is 3.00 bits per heavy atom. The molecule has 1 heterocycles. The van der Waals surface area contributed by atoms with Crippen molar-refractivity contribution in [3.63, 3.8) is 0 Å². The molecule has 4 nitrogen and oxygen atoms in total. The lowest BCUT2D eigenvalue weighted by Gasteiger charge is -2.04. The molecule has 8 heteroatoms. The Kier molecular flexibility index (Phi) is 4.89. The molecule has 1 amide bonds. The smallest absolute Gasteiger partial charge is 0.230 e. The molecule has 19 heavy (non-hydrogen) atoms. The van der Waals surface area contributed by atoms with Gasteiger partial charge in [-0.3, -0.25) is 4.79 Å². The van der Waals surface area contributed by atoms with Crippen LogP contribution >= 0.6 is 39.0 Å². The van der Waals surface area contributed by atoms with Crippen LogP contribution in [0.4, 0.5) is 9.52 Å². The highest BCUT2D eigenvalue weighted by atomic mass is 79.9. The first-order valence-corrected chi connectivity index (χ1v) is 8.04. The van der Waals surface area contributed by atoms with Crippen LogP contribution in [-0.4, -0.2) is 22.4 Å². The molecule has 1 aromatic heterocycles. The van der Waals surface area contributed by atoms with Gasteiger partial charge >= 0.3 is 0 Å². The maximum absolute atomic E-state index is 13.7. The van der Waals surface area contributed by atoms with Gasteiger partial charge in [0.2, 0.25) is 11.0 Å². The highest BCUT2D eigenvalue weighted by Gasteiger charge is 2.12. The van der Waals surface area contributed by atoms with Crippen molar-refractivity contribution in [3.8, 4) is 0 Å². The van der Waals surface area contributed by atoms with E-state index >= 15 is 0 Å². The second kappa shape index (κ2) is 6.44. The minimum Gasteiger partial charge on any atom is -0.300 e. The number of halogens is 2. The molecular weight excluding hydrogens is 353 g/mol. The normalized spacial score (nSPS) is 10.5. The fraction of sp³-hybridized carbons (Fsp3) is 0.182. The van der Waals surface area contributed by atoms with E-state index in [0.29, 0.717) is 15.2 Å². The Hall–Kier alpha value is -0.990. The Balaban J connectivity index is 2.03. The van der Waals surface area contributed by atoms with Gasteiger partial charge in [-0.05, 0) is 33.8 Å². The molecule has 1 N–H and O–H groups in total. The van der Waals surface area contributed by atoms with Crippen molar-refractivity contribution < 1.29 is 9.18 Å². The summed E-state index contributed by atoms with van der Waals surface area (Å²) < 4.78 is 14.8. The van der Waals surface area contributed by atoms with Crippen LogP contribution in [0, 0.1) is 5.82 Å². The Labute approximate surface area is 125 Å². The molecule has 0 aliphatic heterocycles. The summed E-state index contributed by atoms with van der Waals surface area (Å²) in [5, 5.41) is 10.7. The van der Waals surface area contributed by atoms with Gasteiger partial charge in [0, 0.05) is 0 Å². The summed E-state index contributed by atoms with van der Waals surface area (Å²) in [6, 6.07) is 4.85. The van der Waals surface area contributed by atoms with Gasteiger partial charge in [0.05, 0.1) is 10.9 Å². The number of anilines is 1. The number of thioether (sulfide) groups is 1. The standard InChI is InChI=1S/C11H9BrFN3OS2/c1-18-11-16-15-10(19-11)14-8(17)5-6-3-2-4-7(12)9(6)13/h2-4H,5H2,1H3,(H,14,15,17). The summed E-state index contributed by atoms with van der Waals surface area (Å²) in [5.74, 6) is -0.736. The van der Waals surface area contributed by atoms with E-state index in [1.54, 1.807) is 18.2 Å². The van der Waals surface area contributed by atoms with Crippen LogP contribution in [-0.2, 0) is 11.2 Å². The molecule has 0 aliphatic carbocycles. The van der Waals surface area contributed by atoms with Gasteiger partial charge in [-0.2, -0.15) is 0 Å². The third-order valence-electron chi connectivity index (χ3n) is 2.21. The highest BCUT2D eigenvalue weighted by Crippen LogP contribution is 2.23. The topological polar surface area (TPSA) is 54.9 Å². The minimum absolute atomic E-state index is 0.0422. The van der Waals surface area contributed by atoms with Crippen LogP contribution in [0.25, 0.3) is 0 Å². The zero-order valence-electron chi connectivity index (χ0n) is 9.81. The number of benzene rings is 1. The molecule has 0 saturated heterocycles.